The zero-order valence-corrected chi connectivity index (χ0v) is 19.3. The van der Waals surface area contributed by atoms with Crippen LogP contribution in [-0.4, -0.2) is 41.4 Å². The van der Waals surface area contributed by atoms with Gasteiger partial charge in [0.2, 0.25) is 10.0 Å². The van der Waals surface area contributed by atoms with Gasteiger partial charge in [0.15, 0.2) is 0 Å². The molecule has 180 valence electrons. The molecule has 1 aliphatic heterocycles. The number of nitrogens with zero attached hydrogens (tertiary/aromatic N) is 2. The SMILES string of the molecule is O=C(NO)C1CCCN1S(=O)(=O)c1ccc(CSc2cc(C(F)(F)F)nc3ccccc23)cc1. The van der Waals surface area contributed by atoms with Gasteiger partial charge in [-0.15, -0.1) is 11.8 Å². The van der Waals surface area contributed by atoms with Crippen molar-refractivity contribution in [3.8, 4) is 0 Å². The van der Waals surface area contributed by atoms with Gasteiger partial charge in [-0.2, -0.15) is 17.5 Å². The maximum absolute atomic E-state index is 13.3. The molecule has 1 fully saturated rings. The molecule has 2 heterocycles. The van der Waals surface area contributed by atoms with Gasteiger partial charge in [0, 0.05) is 22.6 Å². The molecular formula is C22H20F3N3O4S2. The number of fused-ring (bicyclic) bond motifs is 1. The molecule has 1 aromatic heterocycles. The maximum atomic E-state index is 13.3. The van der Waals surface area contributed by atoms with E-state index in [0.29, 0.717) is 34.4 Å². The van der Waals surface area contributed by atoms with E-state index in [4.69, 9.17) is 5.21 Å². The summed E-state index contributed by atoms with van der Waals surface area (Å²) in [6.45, 7) is 0.161. The summed E-state index contributed by atoms with van der Waals surface area (Å²) in [6, 6.07) is 12.6. The van der Waals surface area contributed by atoms with Gasteiger partial charge >= 0.3 is 6.18 Å². The zero-order valence-electron chi connectivity index (χ0n) is 17.6. The monoisotopic (exact) mass is 511 g/mol. The molecule has 2 aromatic carbocycles. The van der Waals surface area contributed by atoms with Gasteiger partial charge < -0.3 is 0 Å². The predicted octanol–water partition coefficient (Wildman–Crippen LogP) is 4.20. The smallest absolute Gasteiger partial charge is 0.289 e. The highest BCUT2D eigenvalue weighted by Crippen LogP contribution is 2.36. The van der Waals surface area contributed by atoms with Crippen LogP contribution in [0.25, 0.3) is 10.9 Å². The fraction of sp³-hybridized carbons (Fsp3) is 0.273. The summed E-state index contributed by atoms with van der Waals surface area (Å²) in [4.78, 5) is 15.9. The highest BCUT2D eigenvalue weighted by Gasteiger charge is 2.39. The molecule has 0 spiro atoms. The van der Waals surface area contributed by atoms with E-state index in [2.05, 4.69) is 4.98 Å². The Kier molecular flexibility index (Phi) is 6.85. The number of hydroxylamine groups is 1. The number of sulfonamides is 1. The Morgan fingerprint density at radius 1 is 1.18 bits per heavy atom. The molecule has 0 radical (unpaired) electrons. The third-order valence-corrected chi connectivity index (χ3v) is 8.56. The molecule has 34 heavy (non-hydrogen) atoms. The first kappa shape index (κ1) is 24.5. The summed E-state index contributed by atoms with van der Waals surface area (Å²) in [5.41, 5.74) is 1.49. The first-order valence-electron chi connectivity index (χ1n) is 10.3. The number of halogens is 3. The number of rotatable bonds is 6. The van der Waals surface area contributed by atoms with Gasteiger partial charge in [-0.3, -0.25) is 10.0 Å². The average molecular weight is 512 g/mol. The summed E-state index contributed by atoms with van der Waals surface area (Å²) in [6.07, 6.45) is -3.78. The second kappa shape index (κ2) is 9.53. The first-order chi connectivity index (χ1) is 16.1. The Bertz CT molecular complexity index is 1320. The molecule has 1 aliphatic rings. The van der Waals surface area contributed by atoms with E-state index in [9.17, 15) is 26.4 Å². The lowest BCUT2D eigenvalue weighted by Crippen LogP contribution is -2.44. The van der Waals surface area contributed by atoms with Crippen LogP contribution in [0.5, 0.6) is 0 Å². The molecule has 3 aromatic rings. The van der Waals surface area contributed by atoms with Gasteiger partial charge in [0.05, 0.1) is 10.4 Å². The second-order valence-corrected chi connectivity index (χ2v) is 10.6. The molecule has 1 atom stereocenters. The zero-order chi connectivity index (χ0) is 24.5. The van der Waals surface area contributed by atoms with E-state index in [1.54, 1.807) is 30.3 Å². The molecule has 7 nitrogen and oxygen atoms in total. The summed E-state index contributed by atoms with van der Waals surface area (Å²) in [5.74, 6) is -0.470. The Hall–Kier alpha value is -2.67. The van der Waals surface area contributed by atoms with Gasteiger partial charge in [-0.05, 0) is 42.7 Å². The lowest BCUT2D eigenvalue weighted by molar-refractivity contribution is -0.141. The van der Waals surface area contributed by atoms with Crippen molar-refractivity contribution in [3.05, 3.63) is 65.9 Å². The Morgan fingerprint density at radius 3 is 2.56 bits per heavy atom. The average Bonchev–Trinajstić information content (AvgIpc) is 3.32. The summed E-state index contributed by atoms with van der Waals surface area (Å²) in [7, 11) is -3.96. The molecule has 1 saturated heterocycles. The van der Waals surface area contributed by atoms with Crippen molar-refractivity contribution in [1.82, 2.24) is 14.8 Å². The van der Waals surface area contributed by atoms with E-state index in [1.165, 1.54) is 35.4 Å². The molecular weight excluding hydrogens is 491 g/mol. The number of hydrogen-bond donors (Lipinski definition) is 2. The van der Waals surface area contributed by atoms with Crippen LogP contribution in [0.15, 0.2) is 64.4 Å². The van der Waals surface area contributed by atoms with Gasteiger partial charge in [-0.1, -0.05) is 30.3 Å². The molecule has 0 bridgehead atoms. The number of nitrogens with one attached hydrogen (secondary N) is 1. The maximum Gasteiger partial charge on any atom is 0.433 e. The fourth-order valence-corrected chi connectivity index (χ4v) is 6.52. The van der Waals surface area contributed by atoms with Crippen molar-refractivity contribution in [2.24, 2.45) is 0 Å². The second-order valence-electron chi connectivity index (χ2n) is 7.70. The first-order valence-corrected chi connectivity index (χ1v) is 12.7. The van der Waals surface area contributed by atoms with Crippen molar-refractivity contribution in [1.29, 1.82) is 0 Å². The molecule has 2 N–H and O–H groups in total. The van der Waals surface area contributed by atoms with Gasteiger partial charge in [0.1, 0.15) is 11.7 Å². The topological polar surface area (TPSA) is 99.6 Å². The Morgan fingerprint density at radius 2 is 1.88 bits per heavy atom. The Labute approximate surface area is 198 Å². The van der Waals surface area contributed by atoms with Gasteiger partial charge in [0.25, 0.3) is 5.91 Å². The van der Waals surface area contributed by atoms with Crippen LogP contribution in [0.1, 0.15) is 24.1 Å². The van der Waals surface area contributed by atoms with Crippen LogP contribution in [0.4, 0.5) is 13.2 Å². The van der Waals surface area contributed by atoms with Crippen LogP contribution in [0.3, 0.4) is 0 Å². The van der Waals surface area contributed by atoms with Crippen molar-refractivity contribution in [2.75, 3.05) is 6.54 Å². The molecule has 12 heteroatoms. The minimum absolute atomic E-state index is 0.00684. The van der Waals surface area contributed by atoms with Crippen molar-refractivity contribution >= 4 is 38.6 Å². The molecule has 1 amide bonds. The number of pyridine rings is 1. The third kappa shape index (κ3) is 4.90. The number of amides is 1. The number of aromatic nitrogens is 1. The summed E-state index contributed by atoms with van der Waals surface area (Å²) in [5, 5.41) is 9.48. The van der Waals surface area contributed by atoms with Crippen LogP contribution in [0, 0.1) is 0 Å². The molecule has 0 aliphatic carbocycles. The summed E-state index contributed by atoms with van der Waals surface area (Å²) >= 11 is 1.20. The largest absolute Gasteiger partial charge is 0.433 e. The minimum Gasteiger partial charge on any atom is -0.289 e. The quantitative estimate of drug-likeness (QED) is 0.292. The standard InChI is InChI=1S/C22H20F3N3O4S2/c23-22(24,25)20-12-19(16-4-1-2-5-17(16)26-20)33-13-14-7-9-15(10-8-14)34(31,32)28-11-3-6-18(28)21(29)27-30/h1-2,4-5,7-10,12,18,30H,3,6,11,13H2,(H,27,29). The van der Waals surface area contributed by atoms with Crippen molar-refractivity contribution in [3.63, 3.8) is 0 Å². The van der Waals surface area contributed by atoms with Gasteiger partial charge in [-0.25, -0.2) is 18.9 Å². The lowest BCUT2D eigenvalue weighted by atomic mass is 10.2. The predicted molar refractivity (Wildman–Crippen MR) is 120 cm³/mol. The fourth-order valence-electron chi connectivity index (χ4n) is 3.83. The highest BCUT2D eigenvalue weighted by atomic mass is 32.2. The van der Waals surface area contributed by atoms with E-state index in [0.717, 1.165) is 10.4 Å². The lowest BCUT2D eigenvalue weighted by Gasteiger charge is -2.22. The van der Waals surface area contributed by atoms with Crippen LogP contribution >= 0.6 is 11.8 Å². The number of thioether (sulfide) groups is 1. The van der Waals surface area contributed by atoms with Crippen molar-refractivity contribution < 1.29 is 31.6 Å². The number of hydrogen-bond acceptors (Lipinski definition) is 6. The molecule has 1 unspecified atom stereocenters. The molecule has 0 saturated carbocycles. The molecule has 4 rings (SSSR count). The number of carbonyl (C=O) groups is 1. The number of alkyl halides is 3. The van der Waals surface area contributed by atoms with E-state index in [1.807, 2.05) is 0 Å². The van der Waals surface area contributed by atoms with E-state index >= 15 is 0 Å². The number of benzene rings is 2. The van der Waals surface area contributed by atoms with Crippen LogP contribution < -0.4 is 5.48 Å². The normalized spacial score (nSPS) is 17.2. The summed E-state index contributed by atoms with van der Waals surface area (Å²) < 4.78 is 66.8. The third-order valence-electron chi connectivity index (χ3n) is 5.51. The number of carbonyl (C=O) groups excluding carboxylic acids is 1. The Balaban J connectivity index is 1.54. The number of para-hydroxylation sites is 1. The van der Waals surface area contributed by atoms with Crippen LogP contribution in [-0.2, 0) is 26.7 Å². The van der Waals surface area contributed by atoms with E-state index < -0.39 is 33.8 Å². The van der Waals surface area contributed by atoms with E-state index in [-0.39, 0.29) is 17.0 Å². The van der Waals surface area contributed by atoms with Crippen molar-refractivity contribution in [2.45, 2.75) is 40.6 Å². The highest BCUT2D eigenvalue weighted by molar-refractivity contribution is 7.98. The van der Waals surface area contributed by atoms with Crippen LogP contribution in [0.2, 0.25) is 0 Å². The minimum atomic E-state index is -4.57.